The number of ether oxygens (including phenoxy) is 1. The number of hydrogen-bond acceptors (Lipinski definition) is 5. The molecule has 0 bridgehead atoms. The van der Waals surface area contributed by atoms with Crippen molar-refractivity contribution in [2.75, 3.05) is 13.7 Å². The van der Waals surface area contributed by atoms with Crippen LogP contribution in [0.1, 0.15) is 23.5 Å². The first-order valence-electron chi connectivity index (χ1n) is 8.62. The topological polar surface area (TPSA) is 86.1 Å². The van der Waals surface area contributed by atoms with Gasteiger partial charge < -0.3 is 10.1 Å². The average Bonchev–Trinajstić information content (AvgIpc) is 3.18. The molecule has 0 fully saturated rings. The Hall–Kier alpha value is -3.48. The van der Waals surface area contributed by atoms with Crippen LogP contribution < -0.4 is 5.32 Å². The van der Waals surface area contributed by atoms with Crippen molar-refractivity contribution in [1.29, 1.82) is 0 Å². The van der Waals surface area contributed by atoms with E-state index in [0.29, 0.717) is 18.8 Å². The van der Waals surface area contributed by atoms with Crippen molar-refractivity contribution in [2.45, 2.75) is 12.8 Å². The lowest BCUT2D eigenvalue weighted by molar-refractivity contribution is -0.140. The van der Waals surface area contributed by atoms with Gasteiger partial charge in [0.1, 0.15) is 0 Å². The summed E-state index contributed by atoms with van der Waals surface area (Å²) < 4.78 is 6.23. The molecule has 7 nitrogen and oxygen atoms in total. The van der Waals surface area contributed by atoms with Crippen molar-refractivity contribution >= 4 is 11.9 Å². The van der Waals surface area contributed by atoms with Crippen molar-refractivity contribution in [3.8, 4) is 17.1 Å². The molecular weight excluding hydrogens is 344 g/mol. The van der Waals surface area contributed by atoms with Gasteiger partial charge in [-0.15, -0.1) is 5.10 Å². The minimum absolute atomic E-state index is 0.0794. The van der Waals surface area contributed by atoms with Crippen molar-refractivity contribution in [3.05, 3.63) is 66.5 Å². The van der Waals surface area contributed by atoms with Gasteiger partial charge >= 0.3 is 5.97 Å². The van der Waals surface area contributed by atoms with Gasteiger partial charge in [-0.2, -0.15) is 0 Å². The summed E-state index contributed by atoms with van der Waals surface area (Å²) in [6, 6.07) is 19.1. The molecule has 0 radical (unpaired) electrons. The first-order chi connectivity index (χ1) is 13.2. The first-order valence-corrected chi connectivity index (χ1v) is 8.62. The summed E-state index contributed by atoms with van der Waals surface area (Å²) in [7, 11) is 1.34. The highest BCUT2D eigenvalue weighted by Gasteiger charge is 2.18. The maximum absolute atomic E-state index is 12.4. The van der Waals surface area contributed by atoms with E-state index in [9.17, 15) is 9.59 Å². The monoisotopic (exact) mass is 364 g/mol. The van der Waals surface area contributed by atoms with Gasteiger partial charge in [-0.3, -0.25) is 9.59 Å². The van der Waals surface area contributed by atoms with Gasteiger partial charge in [0.2, 0.25) is 5.82 Å². The highest BCUT2D eigenvalue weighted by Crippen LogP contribution is 2.20. The molecule has 1 heterocycles. The molecule has 0 spiro atoms. The largest absolute Gasteiger partial charge is 0.469 e. The molecule has 0 unspecified atom stereocenters. The van der Waals surface area contributed by atoms with E-state index in [-0.39, 0.29) is 24.1 Å². The van der Waals surface area contributed by atoms with Crippen molar-refractivity contribution in [1.82, 2.24) is 20.1 Å². The van der Waals surface area contributed by atoms with E-state index in [0.717, 1.165) is 11.3 Å². The summed E-state index contributed by atoms with van der Waals surface area (Å²) in [5, 5.41) is 7.13. The van der Waals surface area contributed by atoms with Gasteiger partial charge in [0.25, 0.3) is 5.91 Å². The Morgan fingerprint density at radius 1 is 1.04 bits per heavy atom. The third kappa shape index (κ3) is 4.58. The molecular formula is C20H20N4O3. The number of methoxy groups -OCH3 is 1. The minimum atomic E-state index is -0.383. The van der Waals surface area contributed by atoms with Crippen molar-refractivity contribution < 1.29 is 14.3 Å². The molecule has 0 aliphatic heterocycles. The second kappa shape index (κ2) is 8.75. The number of carbonyl (C=O) groups is 2. The zero-order valence-corrected chi connectivity index (χ0v) is 15.0. The Balaban J connectivity index is 1.81. The molecule has 1 N–H and O–H groups in total. The molecule has 1 aromatic heterocycles. The SMILES string of the molecule is COC(=O)CCCNC(=O)c1nc(-c2ccccc2)n(-c2ccccc2)n1. The van der Waals surface area contributed by atoms with Gasteiger partial charge in [-0.1, -0.05) is 48.5 Å². The molecule has 138 valence electrons. The predicted octanol–water partition coefficient (Wildman–Crippen LogP) is 2.62. The van der Waals surface area contributed by atoms with E-state index >= 15 is 0 Å². The number of esters is 1. The molecule has 3 rings (SSSR count). The van der Waals surface area contributed by atoms with E-state index in [4.69, 9.17) is 0 Å². The van der Waals surface area contributed by atoms with E-state index in [2.05, 4.69) is 20.1 Å². The maximum atomic E-state index is 12.4. The van der Waals surface area contributed by atoms with Crippen LogP contribution in [0.15, 0.2) is 60.7 Å². The number of aromatic nitrogens is 3. The van der Waals surface area contributed by atoms with Crippen LogP contribution in [0.4, 0.5) is 0 Å². The average molecular weight is 364 g/mol. The van der Waals surface area contributed by atoms with E-state index < -0.39 is 0 Å². The summed E-state index contributed by atoms with van der Waals surface area (Å²) in [5.74, 6) is -0.0221. The molecule has 0 aliphatic carbocycles. The van der Waals surface area contributed by atoms with Gasteiger partial charge in [-0.05, 0) is 18.6 Å². The smallest absolute Gasteiger partial charge is 0.305 e. The van der Waals surface area contributed by atoms with Crippen LogP contribution in [0.3, 0.4) is 0 Å². The highest BCUT2D eigenvalue weighted by molar-refractivity contribution is 5.91. The Kier molecular flexibility index (Phi) is 5.94. The van der Waals surface area contributed by atoms with Crippen LogP contribution in [0.25, 0.3) is 17.1 Å². The molecule has 27 heavy (non-hydrogen) atoms. The second-order valence-electron chi connectivity index (χ2n) is 5.81. The van der Waals surface area contributed by atoms with Gasteiger partial charge in [0.05, 0.1) is 12.8 Å². The number of amides is 1. The lowest BCUT2D eigenvalue weighted by Gasteiger charge is -2.05. The minimum Gasteiger partial charge on any atom is -0.469 e. The van der Waals surface area contributed by atoms with E-state index in [1.54, 1.807) is 4.68 Å². The second-order valence-corrected chi connectivity index (χ2v) is 5.81. The number of rotatable bonds is 7. The fraction of sp³-hybridized carbons (Fsp3) is 0.200. The molecule has 2 aromatic carbocycles. The van der Waals surface area contributed by atoms with Crippen LogP contribution in [0, 0.1) is 0 Å². The quantitative estimate of drug-likeness (QED) is 0.514. The van der Waals surface area contributed by atoms with Gasteiger partial charge in [0, 0.05) is 18.5 Å². The van der Waals surface area contributed by atoms with Crippen LogP contribution in [0.5, 0.6) is 0 Å². The normalized spacial score (nSPS) is 10.4. The number of nitrogens with zero attached hydrogens (tertiary/aromatic N) is 3. The molecule has 0 atom stereocenters. The lowest BCUT2D eigenvalue weighted by Crippen LogP contribution is -2.26. The van der Waals surface area contributed by atoms with Crippen molar-refractivity contribution in [2.24, 2.45) is 0 Å². The van der Waals surface area contributed by atoms with Crippen LogP contribution >= 0.6 is 0 Å². The summed E-state index contributed by atoms with van der Waals surface area (Å²) in [4.78, 5) is 28.0. The number of para-hydroxylation sites is 1. The van der Waals surface area contributed by atoms with Gasteiger partial charge in [0.15, 0.2) is 5.82 Å². The lowest BCUT2D eigenvalue weighted by atomic mass is 10.2. The number of nitrogens with one attached hydrogen (secondary N) is 1. The van der Waals surface area contributed by atoms with E-state index in [1.165, 1.54) is 7.11 Å². The van der Waals surface area contributed by atoms with Crippen LogP contribution in [0.2, 0.25) is 0 Å². The summed E-state index contributed by atoms with van der Waals surface area (Å²) in [6.45, 7) is 0.342. The Morgan fingerprint density at radius 2 is 1.70 bits per heavy atom. The maximum Gasteiger partial charge on any atom is 0.305 e. The van der Waals surface area contributed by atoms with Crippen molar-refractivity contribution in [3.63, 3.8) is 0 Å². The third-order valence-electron chi connectivity index (χ3n) is 3.91. The zero-order chi connectivity index (χ0) is 19.1. The standard InChI is InChI=1S/C20H20N4O3/c1-27-17(25)13-8-14-21-20(26)18-22-19(15-9-4-2-5-10-15)24(23-18)16-11-6-3-7-12-16/h2-7,9-12H,8,13-14H2,1H3,(H,21,26). The molecule has 0 saturated heterocycles. The third-order valence-corrected chi connectivity index (χ3v) is 3.91. The molecule has 3 aromatic rings. The number of carbonyl (C=O) groups excluding carboxylic acids is 2. The fourth-order valence-electron chi connectivity index (χ4n) is 2.55. The molecule has 1 amide bonds. The summed E-state index contributed by atoms with van der Waals surface area (Å²) in [5.41, 5.74) is 1.67. The fourth-order valence-corrected chi connectivity index (χ4v) is 2.55. The Labute approximate surface area is 157 Å². The predicted molar refractivity (Wildman–Crippen MR) is 100 cm³/mol. The summed E-state index contributed by atoms with van der Waals surface area (Å²) >= 11 is 0. The number of benzene rings is 2. The zero-order valence-electron chi connectivity index (χ0n) is 15.0. The number of hydrogen-bond donors (Lipinski definition) is 1. The Morgan fingerprint density at radius 3 is 2.37 bits per heavy atom. The summed E-state index contributed by atoms with van der Waals surface area (Å²) in [6.07, 6.45) is 0.737. The first kappa shape index (κ1) is 18.3. The molecule has 0 saturated carbocycles. The van der Waals surface area contributed by atoms with Crippen LogP contribution in [-0.2, 0) is 9.53 Å². The molecule has 7 heteroatoms. The highest BCUT2D eigenvalue weighted by atomic mass is 16.5. The Bertz CT molecular complexity index is 850. The van der Waals surface area contributed by atoms with E-state index in [1.807, 2.05) is 60.7 Å². The van der Waals surface area contributed by atoms with Gasteiger partial charge in [-0.25, -0.2) is 9.67 Å². The molecule has 0 aliphatic rings. The van der Waals surface area contributed by atoms with Crippen LogP contribution in [-0.4, -0.2) is 40.3 Å².